The Morgan fingerprint density at radius 1 is 1.03 bits per heavy atom. The molecule has 36 heavy (non-hydrogen) atoms. The first-order valence-corrected chi connectivity index (χ1v) is 12.5. The number of nitrogens with zero attached hydrogens (tertiary/aromatic N) is 2. The Labute approximate surface area is 212 Å². The van der Waals surface area contributed by atoms with Gasteiger partial charge in [-0.3, -0.25) is 19.9 Å². The number of hydrogen-bond acceptors (Lipinski definition) is 3. The molecule has 3 aromatic rings. The maximum Gasteiger partial charge on any atom is 0.259 e. The monoisotopic (exact) mass is 480 g/mol. The third-order valence-electron chi connectivity index (χ3n) is 7.38. The molecule has 6 heteroatoms. The molecular weight excluding hydrogens is 448 g/mol. The summed E-state index contributed by atoms with van der Waals surface area (Å²) >= 11 is 0. The summed E-state index contributed by atoms with van der Waals surface area (Å²) in [6.45, 7) is 5.66. The van der Waals surface area contributed by atoms with E-state index in [1.165, 1.54) is 5.56 Å². The fourth-order valence-electron chi connectivity index (χ4n) is 5.28. The SMILES string of the molecule is Cc1cccc(-c2cccc(C3(C)NC(=N)N(C[C@H]4CCN(C(=O)Cc5ccccc5)C4)C3=O)c2)c1. The van der Waals surface area contributed by atoms with Crippen molar-refractivity contribution in [1.29, 1.82) is 5.41 Å². The molecule has 5 rings (SSSR count). The van der Waals surface area contributed by atoms with Gasteiger partial charge in [-0.15, -0.1) is 0 Å². The van der Waals surface area contributed by atoms with Gasteiger partial charge >= 0.3 is 0 Å². The van der Waals surface area contributed by atoms with Crippen LogP contribution in [0.5, 0.6) is 0 Å². The minimum absolute atomic E-state index is 0.113. The van der Waals surface area contributed by atoms with E-state index in [4.69, 9.17) is 5.41 Å². The fourth-order valence-corrected chi connectivity index (χ4v) is 5.28. The lowest BCUT2D eigenvalue weighted by Crippen LogP contribution is -2.41. The lowest BCUT2D eigenvalue weighted by Gasteiger charge is -2.24. The molecule has 2 N–H and O–H groups in total. The minimum atomic E-state index is -1.00. The van der Waals surface area contributed by atoms with E-state index in [9.17, 15) is 9.59 Å². The molecule has 0 spiro atoms. The molecule has 2 atom stereocenters. The van der Waals surface area contributed by atoms with E-state index in [0.29, 0.717) is 26.1 Å². The third-order valence-corrected chi connectivity index (χ3v) is 7.38. The van der Waals surface area contributed by atoms with Crippen LogP contribution < -0.4 is 5.32 Å². The van der Waals surface area contributed by atoms with Crippen LogP contribution in [0, 0.1) is 18.3 Å². The summed E-state index contributed by atoms with van der Waals surface area (Å²) in [6, 6.07) is 26.1. The predicted molar refractivity (Wildman–Crippen MR) is 141 cm³/mol. The number of guanidine groups is 1. The minimum Gasteiger partial charge on any atom is -0.342 e. The molecule has 0 saturated carbocycles. The van der Waals surface area contributed by atoms with Gasteiger partial charge < -0.3 is 10.2 Å². The maximum atomic E-state index is 13.6. The molecule has 0 radical (unpaired) electrons. The Hall–Kier alpha value is -3.93. The summed E-state index contributed by atoms with van der Waals surface area (Å²) in [5, 5.41) is 11.7. The third kappa shape index (κ3) is 4.63. The molecule has 0 bridgehead atoms. The van der Waals surface area contributed by atoms with E-state index in [2.05, 4.69) is 30.4 Å². The lowest BCUT2D eigenvalue weighted by atomic mass is 9.89. The van der Waals surface area contributed by atoms with Gasteiger partial charge in [-0.2, -0.15) is 0 Å². The number of aryl methyl sites for hydroxylation is 1. The normalized spacial score (nSPS) is 21.7. The second-order valence-corrected chi connectivity index (χ2v) is 10.1. The van der Waals surface area contributed by atoms with Crippen molar-refractivity contribution in [2.45, 2.75) is 32.2 Å². The molecule has 2 aliphatic rings. The zero-order valence-electron chi connectivity index (χ0n) is 20.8. The number of hydrogen-bond donors (Lipinski definition) is 2. The van der Waals surface area contributed by atoms with Crippen molar-refractivity contribution in [2.75, 3.05) is 19.6 Å². The van der Waals surface area contributed by atoms with Gasteiger partial charge in [0.05, 0.1) is 6.42 Å². The Kier molecular flexibility index (Phi) is 6.35. The molecule has 2 heterocycles. The summed E-state index contributed by atoms with van der Waals surface area (Å²) in [7, 11) is 0. The standard InChI is InChI=1S/C30H32N4O2/c1-21-8-6-11-24(16-21)25-12-7-13-26(18-25)30(2)28(36)34(29(31)32-30)20-23-14-15-33(19-23)27(35)17-22-9-4-3-5-10-22/h3-13,16,18,23H,14-15,17,19-20H2,1-2H3,(H2,31,32)/t23-,30?/m0/s1. The summed E-state index contributed by atoms with van der Waals surface area (Å²) in [5.41, 5.74) is 4.17. The van der Waals surface area contributed by atoms with Crippen molar-refractivity contribution in [3.63, 3.8) is 0 Å². The van der Waals surface area contributed by atoms with Crippen molar-refractivity contribution in [1.82, 2.24) is 15.1 Å². The molecule has 184 valence electrons. The lowest BCUT2D eigenvalue weighted by molar-refractivity contribution is -0.131. The van der Waals surface area contributed by atoms with Gasteiger partial charge in [0.1, 0.15) is 5.54 Å². The van der Waals surface area contributed by atoms with E-state index in [-0.39, 0.29) is 23.7 Å². The average molecular weight is 481 g/mol. The van der Waals surface area contributed by atoms with Crippen LogP contribution in [0.3, 0.4) is 0 Å². The van der Waals surface area contributed by atoms with Crippen LogP contribution >= 0.6 is 0 Å². The van der Waals surface area contributed by atoms with Gasteiger partial charge in [0.2, 0.25) is 5.91 Å². The molecule has 2 amide bonds. The fraction of sp³-hybridized carbons (Fsp3) is 0.300. The van der Waals surface area contributed by atoms with Crippen LogP contribution in [0.25, 0.3) is 11.1 Å². The predicted octanol–water partition coefficient (Wildman–Crippen LogP) is 4.33. The van der Waals surface area contributed by atoms with Crippen molar-refractivity contribution in [2.24, 2.45) is 5.92 Å². The molecule has 0 aromatic heterocycles. The van der Waals surface area contributed by atoms with Crippen LogP contribution in [0.4, 0.5) is 0 Å². The highest BCUT2D eigenvalue weighted by atomic mass is 16.2. The molecule has 0 aliphatic carbocycles. The van der Waals surface area contributed by atoms with E-state index in [0.717, 1.165) is 28.7 Å². The molecule has 6 nitrogen and oxygen atoms in total. The Morgan fingerprint density at radius 2 is 1.75 bits per heavy atom. The van der Waals surface area contributed by atoms with E-state index >= 15 is 0 Å². The largest absolute Gasteiger partial charge is 0.342 e. The second-order valence-electron chi connectivity index (χ2n) is 10.1. The molecule has 2 aliphatic heterocycles. The van der Waals surface area contributed by atoms with Crippen LogP contribution in [-0.4, -0.2) is 47.2 Å². The van der Waals surface area contributed by atoms with Crippen LogP contribution in [0.2, 0.25) is 0 Å². The van der Waals surface area contributed by atoms with E-state index in [1.807, 2.05) is 72.5 Å². The second kappa shape index (κ2) is 9.61. The summed E-state index contributed by atoms with van der Waals surface area (Å²) in [5.74, 6) is 0.264. The number of rotatable bonds is 6. The molecule has 2 saturated heterocycles. The highest BCUT2D eigenvalue weighted by molar-refractivity contribution is 6.08. The zero-order valence-corrected chi connectivity index (χ0v) is 20.8. The van der Waals surface area contributed by atoms with Crippen molar-refractivity contribution >= 4 is 17.8 Å². The number of amides is 2. The van der Waals surface area contributed by atoms with Crippen LogP contribution in [-0.2, 0) is 21.5 Å². The molecule has 2 fully saturated rings. The van der Waals surface area contributed by atoms with E-state index < -0.39 is 5.54 Å². The highest BCUT2D eigenvalue weighted by Gasteiger charge is 2.48. The van der Waals surface area contributed by atoms with Gasteiger partial charge in [0.15, 0.2) is 5.96 Å². The first-order chi connectivity index (χ1) is 17.3. The van der Waals surface area contributed by atoms with Gasteiger partial charge in [-0.1, -0.05) is 78.4 Å². The smallest absolute Gasteiger partial charge is 0.259 e. The van der Waals surface area contributed by atoms with E-state index in [1.54, 1.807) is 4.90 Å². The number of carbonyl (C=O) groups is 2. The van der Waals surface area contributed by atoms with Crippen molar-refractivity contribution < 1.29 is 9.59 Å². The quantitative estimate of drug-likeness (QED) is 0.551. The Balaban J connectivity index is 1.27. The number of benzene rings is 3. The zero-order chi connectivity index (χ0) is 25.3. The van der Waals surface area contributed by atoms with Gasteiger partial charge in [-0.05, 0) is 54.5 Å². The Morgan fingerprint density at radius 3 is 2.50 bits per heavy atom. The number of likely N-dealkylation sites (tertiary alicyclic amines) is 1. The van der Waals surface area contributed by atoms with Gasteiger partial charge in [0.25, 0.3) is 5.91 Å². The van der Waals surface area contributed by atoms with Gasteiger partial charge in [0, 0.05) is 19.6 Å². The van der Waals surface area contributed by atoms with Gasteiger partial charge in [-0.25, -0.2) is 0 Å². The average Bonchev–Trinajstić information content (AvgIpc) is 3.44. The number of carbonyl (C=O) groups excluding carboxylic acids is 2. The first-order valence-electron chi connectivity index (χ1n) is 12.5. The summed E-state index contributed by atoms with van der Waals surface area (Å²) in [6.07, 6.45) is 1.22. The first kappa shape index (κ1) is 23.8. The number of nitrogens with one attached hydrogen (secondary N) is 2. The maximum absolute atomic E-state index is 13.6. The van der Waals surface area contributed by atoms with Crippen molar-refractivity contribution in [3.8, 4) is 11.1 Å². The summed E-state index contributed by atoms with van der Waals surface area (Å²) < 4.78 is 0. The van der Waals surface area contributed by atoms with Crippen LogP contribution in [0.1, 0.15) is 30.0 Å². The highest BCUT2D eigenvalue weighted by Crippen LogP contribution is 2.33. The molecular formula is C30H32N4O2. The topological polar surface area (TPSA) is 76.5 Å². The van der Waals surface area contributed by atoms with Crippen molar-refractivity contribution in [3.05, 3.63) is 95.6 Å². The summed E-state index contributed by atoms with van der Waals surface area (Å²) in [4.78, 5) is 29.8. The molecule has 1 unspecified atom stereocenters. The Bertz CT molecular complexity index is 1310. The molecule has 3 aromatic carbocycles. The van der Waals surface area contributed by atoms with Crippen LogP contribution in [0.15, 0.2) is 78.9 Å².